The predicted molar refractivity (Wildman–Crippen MR) is 155 cm³/mol. The number of amidine groups is 1. The maximum atomic E-state index is 13.4. The lowest BCUT2D eigenvalue weighted by Gasteiger charge is -2.27. The summed E-state index contributed by atoms with van der Waals surface area (Å²) in [4.78, 5) is 20.2. The molecule has 10 heteroatoms. The van der Waals surface area contributed by atoms with Gasteiger partial charge in [0.1, 0.15) is 5.69 Å². The monoisotopic (exact) mass is 561 g/mol. The molecule has 0 unspecified atom stereocenters. The second-order valence-corrected chi connectivity index (χ2v) is 13.0. The van der Waals surface area contributed by atoms with Crippen LogP contribution in [0.5, 0.6) is 0 Å². The van der Waals surface area contributed by atoms with E-state index in [1.807, 2.05) is 48.7 Å². The molecule has 39 heavy (non-hydrogen) atoms. The summed E-state index contributed by atoms with van der Waals surface area (Å²) in [6.07, 6.45) is 9.96. The zero-order valence-electron chi connectivity index (χ0n) is 21.7. The van der Waals surface area contributed by atoms with Crippen LogP contribution >= 0.6 is 11.8 Å². The average molecular weight is 562 g/mol. The first-order valence-corrected chi connectivity index (χ1v) is 15.8. The molecular weight excluding hydrogens is 530 g/mol. The number of sulfonamides is 1. The number of hydrogen-bond acceptors (Lipinski definition) is 6. The fraction of sp³-hybridized carbons (Fsp3) is 0.345. The largest absolute Gasteiger partial charge is 0.351 e. The molecule has 1 amide bonds. The van der Waals surface area contributed by atoms with Crippen LogP contribution in [0.3, 0.4) is 0 Å². The van der Waals surface area contributed by atoms with Gasteiger partial charge in [0.2, 0.25) is 10.0 Å². The average Bonchev–Trinajstić information content (AvgIpc) is 3.58. The Bertz CT molecular complexity index is 1530. The lowest BCUT2D eigenvalue weighted by atomic mass is 10.1. The van der Waals surface area contributed by atoms with Crippen molar-refractivity contribution in [2.75, 3.05) is 26.2 Å². The highest BCUT2D eigenvalue weighted by atomic mass is 32.2. The van der Waals surface area contributed by atoms with Gasteiger partial charge in [-0.25, -0.2) is 13.1 Å². The van der Waals surface area contributed by atoms with E-state index in [0.29, 0.717) is 29.3 Å². The van der Waals surface area contributed by atoms with Crippen LogP contribution < -0.4 is 0 Å². The normalized spacial score (nSPS) is 20.0. The Kier molecular flexibility index (Phi) is 7.42. The summed E-state index contributed by atoms with van der Waals surface area (Å²) in [5.74, 6) is -0.250. The topological polar surface area (TPSA) is 87.9 Å². The molecule has 0 saturated carbocycles. The quantitative estimate of drug-likeness (QED) is 0.400. The fourth-order valence-corrected chi connectivity index (χ4v) is 7.77. The van der Waals surface area contributed by atoms with E-state index < -0.39 is 10.0 Å². The minimum atomic E-state index is -3.60. The van der Waals surface area contributed by atoms with Gasteiger partial charge in [-0.1, -0.05) is 36.8 Å². The molecular formula is C29H31N5O3S2. The van der Waals surface area contributed by atoms with Crippen LogP contribution in [-0.4, -0.2) is 64.7 Å². The Morgan fingerprint density at radius 1 is 0.846 bits per heavy atom. The predicted octanol–water partition coefficient (Wildman–Crippen LogP) is 5.17. The summed E-state index contributed by atoms with van der Waals surface area (Å²) >= 11 is 1.40. The number of aromatic nitrogens is 2. The van der Waals surface area contributed by atoms with Crippen molar-refractivity contribution in [3.8, 4) is 16.9 Å². The number of hydrogen-bond donors (Lipinski definition) is 0. The van der Waals surface area contributed by atoms with Crippen molar-refractivity contribution in [1.82, 2.24) is 19.0 Å². The van der Waals surface area contributed by atoms with Gasteiger partial charge in [-0.3, -0.25) is 4.79 Å². The van der Waals surface area contributed by atoms with Crippen molar-refractivity contribution in [2.24, 2.45) is 4.99 Å². The Morgan fingerprint density at radius 2 is 1.56 bits per heavy atom. The second-order valence-electron chi connectivity index (χ2n) is 10.1. The van der Waals surface area contributed by atoms with Crippen LogP contribution in [0.25, 0.3) is 23.0 Å². The van der Waals surface area contributed by atoms with Crippen LogP contribution in [0.4, 0.5) is 0 Å². The summed E-state index contributed by atoms with van der Waals surface area (Å²) in [6.45, 7) is 2.93. The molecule has 4 heterocycles. The zero-order valence-corrected chi connectivity index (χ0v) is 23.3. The number of para-hydroxylation sites is 1. The first-order chi connectivity index (χ1) is 19.0. The molecule has 2 fully saturated rings. The minimum absolute atomic E-state index is 0.250. The number of thioether (sulfide) groups is 1. The number of nitrogens with zero attached hydrogens (tertiary/aromatic N) is 5. The Morgan fingerprint density at radius 3 is 2.31 bits per heavy atom. The van der Waals surface area contributed by atoms with Crippen molar-refractivity contribution >= 4 is 38.9 Å². The summed E-state index contributed by atoms with van der Waals surface area (Å²) < 4.78 is 30.2. The van der Waals surface area contributed by atoms with Gasteiger partial charge in [-0.05, 0) is 74.2 Å². The van der Waals surface area contributed by atoms with Crippen molar-refractivity contribution < 1.29 is 13.2 Å². The maximum absolute atomic E-state index is 13.4. The van der Waals surface area contributed by atoms with Gasteiger partial charge in [-0.15, -0.1) is 0 Å². The van der Waals surface area contributed by atoms with E-state index in [2.05, 4.69) is 9.89 Å². The zero-order chi connectivity index (χ0) is 26.8. The standard InChI is InChI=1S/C29H31N5O3S2/c35-28-26(38-29(30-28)32-15-6-2-7-16-32)20-23-21-34(24-12-4-1-5-13-24)31-27(23)22-11-10-14-25(19-22)39(36,37)33-17-8-3-9-18-33/h1,4-5,10-14,19-21H,2-3,6-9,15-18H2/b26-20-. The highest BCUT2D eigenvalue weighted by molar-refractivity contribution is 8.18. The molecule has 2 aromatic carbocycles. The number of carbonyl (C=O) groups is 1. The molecule has 0 N–H and O–H groups in total. The van der Waals surface area contributed by atoms with E-state index in [-0.39, 0.29) is 10.8 Å². The molecule has 202 valence electrons. The molecule has 3 aromatic rings. The molecule has 0 bridgehead atoms. The maximum Gasteiger partial charge on any atom is 0.286 e. The smallest absolute Gasteiger partial charge is 0.286 e. The summed E-state index contributed by atoms with van der Waals surface area (Å²) in [5, 5.41) is 5.62. The van der Waals surface area contributed by atoms with Crippen molar-refractivity contribution in [3.63, 3.8) is 0 Å². The molecule has 8 nitrogen and oxygen atoms in total. The number of benzene rings is 2. The van der Waals surface area contributed by atoms with Gasteiger partial charge in [0, 0.05) is 43.5 Å². The van der Waals surface area contributed by atoms with Crippen LogP contribution in [-0.2, 0) is 14.8 Å². The Balaban J connectivity index is 1.37. The van der Waals surface area contributed by atoms with Gasteiger partial charge in [0.15, 0.2) is 5.17 Å². The van der Waals surface area contributed by atoms with E-state index in [1.54, 1.807) is 27.2 Å². The molecule has 2 saturated heterocycles. The third-order valence-corrected chi connectivity index (χ3v) is 10.3. The molecule has 3 aliphatic heterocycles. The lowest BCUT2D eigenvalue weighted by molar-refractivity contribution is -0.113. The number of amides is 1. The molecule has 3 aliphatic rings. The second kappa shape index (κ2) is 11.1. The van der Waals surface area contributed by atoms with Gasteiger partial charge >= 0.3 is 0 Å². The summed E-state index contributed by atoms with van der Waals surface area (Å²) in [7, 11) is -3.60. The van der Waals surface area contributed by atoms with Crippen LogP contribution in [0.15, 0.2) is 75.6 Å². The molecule has 0 spiro atoms. The molecule has 0 aliphatic carbocycles. The summed E-state index contributed by atoms with van der Waals surface area (Å²) in [6, 6.07) is 16.7. The Hall–Kier alpha value is -3.21. The molecule has 0 radical (unpaired) electrons. The Labute approximate surface area is 233 Å². The SMILES string of the molecule is O=C1N=C(N2CCCCC2)S/C1=C\c1cn(-c2ccccc2)nc1-c1cccc(S(=O)(=O)N2CCCCC2)c1. The van der Waals surface area contributed by atoms with Crippen molar-refractivity contribution in [3.05, 3.63) is 71.3 Å². The third-order valence-electron chi connectivity index (χ3n) is 7.35. The van der Waals surface area contributed by atoms with Gasteiger partial charge in [0.05, 0.1) is 15.5 Å². The number of piperidine rings is 2. The third kappa shape index (κ3) is 5.46. The first-order valence-electron chi connectivity index (χ1n) is 13.5. The van der Waals surface area contributed by atoms with Crippen LogP contribution in [0.2, 0.25) is 0 Å². The number of aliphatic imine (C=N–C) groups is 1. The number of rotatable bonds is 5. The van der Waals surface area contributed by atoms with E-state index in [1.165, 1.54) is 18.2 Å². The van der Waals surface area contributed by atoms with E-state index in [9.17, 15) is 13.2 Å². The fourth-order valence-electron chi connectivity index (χ4n) is 5.25. The van der Waals surface area contributed by atoms with Gasteiger partial charge in [0.25, 0.3) is 5.91 Å². The minimum Gasteiger partial charge on any atom is -0.351 e. The first kappa shape index (κ1) is 26.0. The summed E-state index contributed by atoms with van der Waals surface area (Å²) in [5.41, 5.74) is 2.90. The van der Waals surface area contributed by atoms with E-state index in [0.717, 1.165) is 61.6 Å². The van der Waals surface area contributed by atoms with Crippen LogP contribution in [0.1, 0.15) is 44.1 Å². The molecule has 0 atom stereocenters. The lowest BCUT2D eigenvalue weighted by Crippen LogP contribution is -2.35. The van der Waals surface area contributed by atoms with Gasteiger partial charge < -0.3 is 4.90 Å². The highest BCUT2D eigenvalue weighted by Crippen LogP contribution is 2.35. The van der Waals surface area contributed by atoms with E-state index >= 15 is 0 Å². The highest BCUT2D eigenvalue weighted by Gasteiger charge is 2.29. The van der Waals surface area contributed by atoms with Crippen molar-refractivity contribution in [1.29, 1.82) is 0 Å². The molecule has 1 aromatic heterocycles. The number of carbonyl (C=O) groups excluding carboxylic acids is 1. The number of likely N-dealkylation sites (tertiary alicyclic amines) is 1. The van der Waals surface area contributed by atoms with Gasteiger partial charge in [-0.2, -0.15) is 14.4 Å². The van der Waals surface area contributed by atoms with Crippen molar-refractivity contribution in [2.45, 2.75) is 43.4 Å². The van der Waals surface area contributed by atoms with Crippen LogP contribution in [0, 0.1) is 0 Å². The van der Waals surface area contributed by atoms with E-state index in [4.69, 9.17) is 5.10 Å². The molecule has 6 rings (SSSR count).